The molecule has 0 radical (unpaired) electrons. The Morgan fingerprint density at radius 1 is 1.47 bits per heavy atom. The van der Waals surface area contributed by atoms with Crippen molar-refractivity contribution in [2.75, 3.05) is 7.11 Å². The quantitative estimate of drug-likeness (QED) is 0.886. The summed E-state index contributed by atoms with van der Waals surface area (Å²) in [6.07, 6.45) is -0.161. The van der Waals surface area contributed by atoms with E-state index in [4.69, 9.17) is 20.9 Å². The number of nitrogens with one attached hydrogen (secondary N) is 1. The van der Waals surface area contributed by atoms with Gasteiger partial charge in [0.15, 0.2) is 5.82 Å². The van der Waals surface area contributed by atoms with Crippen molar-refractivity contribution in [1.29, 1.82) is 0 Å². The van der Waals surface area contributed by atoms with Gasteiger partial charge < -0.3 is 14.6 Å². The van der Waals surface area contributed by atoms with E-state index in [-0.39, 0.29) is 12.1 Å². The zero-order valence-corrected chi connectivity index (χ0v) is 12.6. The van der Waals surface area contributed by atoms with Gasteiger partial charge in [0.2, 0.25) is 5.89 Å². The summed E-state index contributed by atoms with van der Waals surface area (Å²) < 4.78 is 11.1. The van der Waals surface area contributed by atoms with Crippen LogP contribution in [0.15, 0.2) is 16.7 Å². The molecule has 0 saturated carbocycles. The maximum atomic E-state index is 5.91. The van der Waals surface area contributed by atoms with Gasteiger partial charge in [-0.15, -0.1) is 11.3 Å². The van der Waals surface area contributed by atoms with Crippen molar-refractivity contribution >= 4 is 22.9 Å². The predicted octanol–water partition coefficient (Wildman–Crippen LogP) is 3.34. The van der Waals surface area contributed by atoms with E-state index in [9.17, 15) is 0 Å². The average Bonchev–Trinajstić information content (AvgIpc) is 3.04. The summed E-state index contributed by atoms with van der Waals surface area (Å²) >= 11 is 7.47. The Morgan fingerprint density at radius 2 is 2.26 bits per heavy atom. The Morgan fingerprint density at radius 3 is 2.89 bits per heavy atom. The van der Waals surface area contributed by atoms with Gasteiger partial charge in [-0.1, -0.05) is 16.8 Å². The SMILES string of the molecule is CO[C@H](C)c1noc(CN[C@@H](C)c2ccc(Cl)s2)n1. The lowest BCUT2D eigenvalue weighted by molar-refractivity contribution is 0.109. The molecule has 0 aliphatic rings. The van der Waals surface area contributed by atoms with E-state index in [2.05, 4.69) is 22.4 Å². The third-order valence-corrected chi connectivity index (χ3v) is 4.20. The van der Waals surface area contributed by atoms with Crippen molar-refractivity contribution in [3.63, 3.8) is 0 Å². The number of halogens is 1. The molecule has 0 bridgehead atoms. The summed E-state index contributed by atoms with van der Waals surface area (Å²) in [5.74, 6) is 1.11. The van der Waals surface area contributed by atoms with E-state index < -0.39 is 0 Å². The molecule has 19 heavy (non-hydrogen) atoms. The fraction of sp³-hybridized carbons (Fsp3) is 0.500. The number of thiophene rings is 1. The summed E-state index contributed by atoms with van der Waals surface area (Å²) in [6.45, 7) is 4.45. The van der Waals surface area contributed by atoms with E-state index in [0.717, 1.165) is 4.34 Å². The summed E-state index contributed by atoms with van der Waals surface area (Å²) in [6, 6.07) is 4.09. The molecule has 2 rings (SSSR count). The molecule has 0 saturated heterocycles. The van der Waals surface area contributed by atoms with Crippen LogP contribution in [0.3, 0.4) is 0 Å². The molecule has 0 spiro atoms. The van der Waals surface area contributed by atoms with Gasteiger partial charge in [0.05, 0.1) is 10.9 Å². The fourth-order valence-electron chi connectivity index (χ4n) is 1.51. The first kappa shape index (κ1) is 14.5. The van der Waals surface area contributed by atoms with Crippen LogP contribution in [0, 0.1) is 0 Å². The van der Waals surface area contributed by atoms with Crippen LogP contribution < -0.4 is 5.32 Å². The summed E-state index contributed by atoms with van der Waals surface area (Å²) in [4.78, 5) is 5.44. The standard InChI is InChI=1S/C12H16ClN3O2S/c1-7(9-4-5-10(13)19-9)14-6-11-15-12(16-18-11)8(2)17-3/h4-5,7-8,14H,6H2,1-3H3/t7-,8+/m0/s1. The minimum absolute atomic E-state index is 0.161. The molecule has 0 aromatic carbocycles. The van der Waals surface area contributed by atoms with E-state index in [1.165, 1.54) is 4.88 Å². The smallest absolute Gasteiger partial charge is 0.240 e. The average molecular weight is 302 g/mol. The lowest BCUT2D eigenvalue weighted by Crippen LogP contribution is -2.17. The summed E-state index contributed by atoms with van der Waals surface area (Å²) in [5.41, 5.74) is 0. The Labute approximate surface area is 120 Å². The lowest BCUT2D eigenvalue weighted by Gasteiger charge is -2.09. The van der Waals surface area contributed by atoms with Gasteiger partial charge in [-0.2, -0.15) is 4.98 Å². The van der Waals surface area contributed by atoms with Crippen LogP contribution in [0.5, 0.6) is 0 Å². The van der Waals surface area contributed by atoms with E-state index >= 15 is 0 Å². The van der Waals surface area contributed by atoms with E-state index in [1.807, 2.05) is 19.1 Å². The molecule has 7 heteroatoms. The van der Waals surface area contributed by atoms with Gasteiger partial charge in [-0.05, 0) is 26.0 Å². The summed E-state index contributed by atoms with van der Waals surface area (Å²) in [7, 11) is 1.61. The Balaban J connectivity index is 1.90. The van der Waals surface area contributed by atoms with Crippen molar-refractivity contribution in [2.24, 2.45) is 0 Å². The van der Waals surface area contributed by atoms with Crippen molar-refractivity contribution in [3.05, 3.63) is 33.1 Å². The third-order valence-electron chi connectivity index (χ3n) is 2.78. The molecule has 0 fully saturated rings. The molecular weight excluding hydrogens is 286 g/mol. The second kappa shape index (κ2) is 6.47. The van der Waals surface area contributed by atoms with E-state index in [1.54, 1.807) is 18.4 Å². The van der Waals surface area contributed by atoms with Crippen LogP contribution >= 0.6 is 22.9 Å². The Kier molecular flexibility index (Phi) is 4.93. The molecule has 2 aromatic heterocycles. The first-order valence-electron chi connectivity index (χ1n) is 5.94. The van der Waals surface area contributed by atoms with Crippen LogP contribution in [0.1, 0.15) is 42.6 Å². The normalized spacial score (nSPS) is 14.5. The first-order chi connectivity index (χ1) is 9.10. The second-order valence-electron chi connectivity index (χ2n) is 4.17. The van der Waals surface area contributed by atoms with Gasteiger partial charge in [0.1, 0.15) is 6.10 Å². The number of hydrogen-bond acceptors (Lipinski definition) is 6. The van der Waals surface area contributed by atoms with Crippen molar-refractivity contribution in [3.8, 4) is 0 Å². The van der Waals surface area contributed by atoms with Gasteiger partial charge in [0, 0.05) is 18.0 Å². The van der Waals surface area contributed by atoms with Crippen LogP contribution in [-0.2, 0) is 11.3 Å². The van der Waals surface area contributed by atoms with Crippen LogP contribution in [-0.4, -0.2) is 17.3 Å². The van der Waals surface area contributed by atoms with Gasteiger partial charge in [-0.25, -0.2) is 0 Å². The maximum Gasteiger partial charge on any atom is 0.240 e. The Bertz CT molecular complexity index is 529. The minimum Gasteiger partial charge on any atom is -0.374 e. The first-order valence-corrected chi connectivity index (χ1v) is 7.13. The highest BCUT2D eigenvalue weighted by atomic mass is 35.5. The number of methoxy groups -OCH3 is 1. The zero-order valence-electron chi connectivity index (χ0n) is 11.0. The van der Waals surface area contributed by atoms with Gasteiger partial charge in [0.25, 0.3) is 0 Å². The summed E-state index contributed by atoms with van der Waals surface area (Å²) in [5, 5.41) is 7.19. The van der Waals surface area contributed by atoms with Crippen LogP contribution in [0.4, 0.5) is 0 Å². The lowest BCUT2D eigenvalue weighted by atomic mass is 10.3. The molecule has 2 heterocycles. The van der Waals surface area contributed by atoms with Crippen molar-refractivity contribution in [1.82, 2.24) is 15.5 Å². The van der Waals surface area contributed by atoms with Gasteiger partial charge >= 0.3 is 0 Å². The molecular formula is C12H16ClN3O2S. The largest absolute Gasteiger partial charge is 0.374 e. The molecule has 5 nitrogen and oxygen atoms in total. The third kappa shape index (κ3) is 3.76. The highest BCUT2D eigenvalue weighted by molar-refractivity contribution is 7.16. The number of hydrogen-bond donors (Lipinski definition) is 1. The topological polar surface area (TPSA) is 60.2 Å². The fourth-order valence-corrected chi connectivity index (χ4v) is 2.60. The predicted molar refractivity (Wildman–Crippen MR) is 74.3 cm³/mol. The molecule has 0 aliphatic carbocycles. The highest BCUT2D eigenvalue weighted by Gasteiger charge is 2.14. The minimum atomic E-state index is -0.161. The molecule has 0 amide bonds. The van der Waals surface area contributed by atoms with Crippen LogP contribution in [0.25, 0.3) is 0 Å². The van der Waals surface area contributed by atoms with Crippen LogP contribution in [0.2, 0.25) is 4.34 Å². The Hall–Kier alpha value is -0.950. The highest BCUT2D eigenvalue weighted by Crippen LogP contribution is 2.26. The maximum absolute atomic E-state index is 5.91. The number of rotatable bonds is 6. The van der Waals surface area contributed by atoms with Crippen molar-refractivity contribution in [2.45, 2.75) is 32.5 Å². The number of aromatic nitrogens is 2. The van der Waals surface area contributed by atoms with Gasteiger partial charge in [-0.3, -0.25) is 0 Å². The second-order valence-corrected chi connectivity index (χ2v) is 5.92. The monoisotopic (exact) mass is 301 g/mol. The zero-order chi connectivity index (χ0) is 13.8. The number of nitrogens with zero attached hydrogens (tertiary/aromatic N) is 2. The molecule has 2 aromatic rings. The molecule has 0 unspecified atom stereocenters. The van der Waals surface area contributed by atoms with E-state index in [0.29, 0.717) is 18.3 Å². The molecule has 104 valence electrons. The molecule has 0 aliphatic heterocycles. The van der Waals surface area contributed by atoms with Crippen molar-refractivity contribution < 1.29 is 9.26 Å². The number of ether oxygens (including phenoxy) is 1. The molecule has 1 N–H and O–H groups in total. The molecule has 2 atom stereocenters.